The van der Waals surface area contributed by atoms with E-state index in [2.05, 4.69) is 5.32 Å². The first-order valence-corrected chi connectivity index (χ1v) is 10.1. The largest absolute Gasteiger partial charge is 0.493 e. The van der Waals surface area contributed by atoms with Gasteiger partial charge in [0.15, 0.2) is 11.5 Å². The first-order valence-electron chi connectivity index (χ1n) is 10.1. The lowest BCUT2D eigenvalue weighted by atomic mass is 9.99. The average molecular weight is 445 g/mol. The van der Waals surface area contributed by atoms with Crippen molar-refractivity contribution in [3.8, 4) is 28.4 Å². The van der Waals surface area contributed by atoms with Gasteiger partial charge < -0.3 is 33.7 Å². The molecule has 1 aliphatic heterocycles. The number of rotatable bonds is 12. The van der Waals surface area contributed by atoms with Gasteiger partial charge in [-0.15, -0.1) is 0 Å². The van der Waals surface area contributed by atoms with Crippen LogP contribution in [-0.4, -0.2) is 66.2 Å². The molecule has 0 aromatic heterocycles. The van der Waals surface area contributed by atoms with Crippen LogP contribution in [0.3, 0.4) is 0 Å². The molecule has 0 saturated heterocycles. The number of amides is 1. The van der Waals surface area contributed by atoms with Crippen LogP contribution in [-0.2, 0) is 25.5 Å². The molecule has 1 aliphatic rings. The lowest BCUT2D eigenvalue weighted by Crippen LogP contribution is -2.18. The van der Waals surface area contributed by atoms with Crippen molar-refractivity contribution in [2.75, 3.05) is 54.4 Å². The van der Waals surface area contributed by atoms with E-state index in [0.717, 1.165) is 16.7 Å². The van der Waals surface area contributed by atoms with Gasteiger partial charge in [-0.3, -0.25) is 4.79 Å². The Bertz CT molecular complexity index is 959. The molecule has 2 aromatic rings. The molecule has 3 rings (SSSR count). The van der Waals surface area contributed by atoms with Crippen molar-refractivity contribution in [2.24, 2.45) is 0 Å². The predicted molar refractivity (Wildman–Crippen MR) is 115 cm³/mol. The second kappa shape index (κ2) is 11.4. The molecule has 0 fully saturated rings. The normalized spacial score (nSPS) is 12.2. The van der Waals surface area contributed by atoms with Gasteiger partial charge in [0, 0.05) is 24.8 Å². The van der Waals surface area contributed by atoms with Crippen molar-refractivity contribution < 1.29 is 38.0 Å². The predicted octanol–water partition coefficient (Wildman–Crippen LogP) is 2.20. The monoisotopic (exact) mass is 445 g/mol. The van der Waals surface area contributed by atoms with E-state index in [1.165, 1.54) is 7.11 Å². The summed E-state index contributed by atoms with van der Waals surface area (Å²) >= 11 is 0. The molecule has 1 amide bonds. The summed E-state index contributed by atoms with van der Waals surface area (Å²) in [7, 11) is 4.62. The minimum Gasteiger partial charge on any atom is -0.493 e. The summed E-state index contributed by atoms with van der Waals surface area (Å²) in [4.78, 5) is 23.6. The fourth-order valence-electron chi connectivity index (χ4n) is 3.31. The second-order valence-corrected chi connectivity index (χ2v) is 6.85. The Kier molecular flexibility index (Phi) is 8.29. The molecule has 9 heteroatoms. The minimum absolute atomic E-state index is 0.0366. The zero-order valence-electron chi connectivity index (χ0n) is 18.4. The lowest BCUT2D eigenvalue weighted by Gasteiger charge is -2.18. The summed E-state index contributed by atoms with van der Waals surface area (Å²) in [5.74, 6) is 0.819. The summed E-state index contributed by atoms with van der Waals surface area (Å²) < 4.78 is 32.0. The SMILES string of the molecule is COCCOCC(=O)OCCOc1c(-c2ccc3c(c2)CNC3=O)ccc(OC)c1OC. The second-order valence-electron chi connectivity index (χ2n) is 6.85. The molecule has 1 N–H and O–H groups in total. The van der Waals surface area contributed by atoms with E-state index in [0.29, 0.717) is 42.6 Å². The molecule has 9 nitrogen and oxygen atoms in total. The van der Waals surface area contributed by atoms with E-state index in [1.807, 2.05) is 18.2 Å². The Morgan fingerprint density at radius 2 is 1.75 bits per heavy atom. The first-order chi connectivity index (χ1) is 15.6. The van der Waals surface area contributed by atoms with Crippen LogP contribution in [0.15, 0.2) is 30.3 Å². The Labute approximate surface area is 186 Å². The number of methoxy groups -OCH3 is 3. The highest BCUT2D eigenvalue weighted by Crippen LogP contribution is 2.44. The summed E-state index contributed by atoms with van der Waals surface area (Å²) in [6, 6.07) is 9.24. The van der Waals surface area contributed by atoms with E-state index in [4.69, 9.17) is 28.4 Å². The number of esters is 1. The number of fused-ring (bicyclic) bond motifs is 1. The number of hydrogen-bond donors (Lipinski definition) is 1. The quantitative estimate of drug-likeness (QED) is 0.392. The fraction of sp³-hybridized carbons (Fsp3) is 0.391. The fourth-order valence-corrected chi connectivity index (χ4v) is 3.31. The molecular formula is C23H27NO8. The van der Waals surface area contributed by atoms with Crippen molar-refractivity contribution in [1.82, 2.24) is 5.32 Å². The van der Waals surface area contributed by atoms with Gasteiger partial charge in [0.1, 0.15) is 19.8 Å². The lowest BCUT2D eigenvalue weighted by molar-refractivity contribution is -0.150. The average Bonchev–Trinajstić information content (AvgIpc) is 3.18. The number of hydrogen-bond acceptors (Lipinski definition) is 8. The molecule has 32 heavy (non-hydrogen) atoms. The standard InChI is InChI=1S/C23H27NO8/c1-27-8-9-30-14-20(25)31-10-11-32-21-17(6-7-19(28-2)22(21)29-3)15-4-5-18-16(12-15)13-24-23(18)26/h4-7,12H,8-11,13-14H2,1-3H3,(H,24,26). The zero-order chi connectivity index (χ0) is 22.9. The summed E-state index contributed by atoms with van der Waals surface area (Å²) in [6.07, 6.45) is 0. The van der Waals surface area contributed by atoms with Gasteiger partial charge in [0.25, 0.3) is 5.91 Å². The molecule has 2 aromatic carbocycles. The van der Waals surface area contributed by atoms with Crippen LogP contribution in [0.2, 0.25) is 0 Å². The maximum absolute atomic E-state index is 11.9. The molecule has 1 heterocycles. The van der Waals surface area contributed by atoms with E-state index >= 15 is 0 Å². The molecule has 0 radical (unpaired) electrons. The van der Waals surface area contributed by atoms with Crippen molar-refractivity contribution in [3.05, 3.63) is 41.5 Å². The summed E-state index contributed by atoms with van der Waals surface area (Å²) in [5.41, 5.74) is 3.20. The highest BCUT2D eigenvalue weighted by molar-refractivity contribution is 5.99. The van der Waals surface area contributed by atoms with E-state index in [-0.39, 0.29) is 25.7 Å². The topological polar surface area (TPSA) is 102 Å². The Hall–Kier alpha value is -3.30. The van der Waals surface area contributed by atoms with Crippen LogP contribution in [0.1, 0.15) is 15.9 Å². The van der Waals surface area contributed by atoms with E-state index in [1.54, 1.807) is 26.4 Å². The molecule has 172 valence electrons. The van der Waals surface area contributed by atoms with Crippen molar-refractivity contribution in [1.29, 1.82) is 0 Å². The summed E-state index contributed by atoms with van der Waals surface area (Å²) in [5, 5.41) is 2.81. The van der Waals surface area contributed by atoms with Gasteiger partial charge in [-0.25, -0.2) is 4.79 Å². The number of benzene rings is 2. The van der Waals surface area contributed by atoms with Gasteiger partial charge in [-0.1, -0.05) is 6.07 Å². The van der Waals surface area contributed by atoms with Crippen LogP contribution in [0, 0.1) is 0 Å². The Morgan fingerprint density at radius 1 is 0.938 bits per heavy atom. The molecule has 0 bridgehead atoms. The van der Waals surface area contributed by atoms with Crippen molar-refractivity contribution in [3.63, 3.8) is 0 Å². The third-order valence-electron chi connectivity index (χ3n) is 4.84. The molecule has 0 saturated carbocycles. The number of ether oxygens (including phenoxy) is 6. The van der Waals surface area contributed by atoms with Gasteiger partial charge in [-0.05, 0) is 35.4 Å². The van der Waals surface area contributed by atoms with Gasteiger partial charge >= 0.3 is 5.97 Å². The first kappa shape index (κ1) is 23.4. The number of carbonyl (C=O) groups is 2. The molecule has 0 spiro atoms. The number of carbonyl (C=O) groups excluding carboxylic acids is 2. The van der Waals surface area contributed by atoms with E-state index in [9.17, 15) is 9.59 Å². The Balaban J connectivity index is 1.73. The molecule has 0 atom stereocenters. The molecule has 0 unspecified atom stereocenters. The minimum atomic E-state index is -0.488. The third-order valence-corrected chi connectivity index (χ3v) is 4.84. The van der Waals surface area contributed by atoms with Crippen LogP contribution in [0.5, 0.6) is 17.2 Å². The van der Waals surface area contributed by atoms with Crippen LogP contribution < -0.4 is 19.5 Å². The highest BCUT2D eigenvalue weighted by atomic mass is 16.6. The molecule has 0 aliphatic carbocycles. The van der Waals surface area contributed by atoms with Gasteiger partial charge in [0.05, 0.1) is 27.4 Å². The molecular weight excluding hydrogens is 418 g/mol. The van der Waals surface area contributed by atoms with Crippen molar-refractivity contribution >= 4 is 11.9 Å². The third kappa shape index (κ3) is 5.49. The summed E-state index contributed by atoms with van der Waals surface area (Å²) in [6.45, 7) is 1.18. The maximum Gasteiger partial charge on any atom is 0.332 e. The number of nitrogens with one attached hydrogen (secondary N) is 1. The zero-order valence-corrected chi connectivity index (χ0v) is 18.4. The Morgan fingerprint density at radius 3 is 2.50 bits per heavy atom. The van der Waals surface area contributed by atoms with Gasteiger partial charge in [-0.2, -0.15) is 0 Å². The maximum atomic E-state index is 11.9. The van der Waals surface area contributed by atoms with Crippen molar-refractivity contribution in [2.45, 2.75) is 6.54 Å². The van der Waals surface area contributed by atoms with Crippen LogP contribution in [0.4, 0.5) is 0 Å². The van der Waals surface area contributed by atoms with Crippen LogP contribution >= 0.6 is 0 Å². The van der Waals surface area contributed by atoms with Crippen LogP contribution in [0.25, 0.3) is 11.1 Å². The smallest absolute Gasteiger partial charge is 0.332 e. The van der Waals surface area contributed by atoms with E-state index < -0.39 is 5.97 Å². The van der Waals surface area contributed by atoms with Gasteiger partial charge in [0.2, 0.25) is 5.75 Å². The highest BCUT2D eigenvalue weighted by Gasteiger charge is 2.22.